The first-order valence-corrected chi connectivity index (χ1v) is 6.97. The van der Waals surface area contributed by atoms with Crippen molar-refractivity contribution >= 4 is 29.5 Å². The van der Waals surface area contributed by atoms with Gasteiger partial charge in [-0.25, -0.2) is 4.79 Å². The molecule has 7 heteroatoms. The molecule has 0 atom stereocenters. The molecule has 0 aliphatic rings. The predicted molar refractivity (Wildman–Crippen MR) is 89.2 cm³/mol. The first kappa shape index (κ1) is 16.6. The quantitative estimate of drug-likeness (QED) is 0.624. The monoisotopic (exact) mass is 334 g/mol. The van der Waals surface area contributed by atoms with Crippen molar-refractivity contribution in [3.8, 4) is 11.5 Å². The summed E-state index contributed by atoms with van der Waals surface area (Å²) in [5.74, 6) is 0.211. The number of anilines is 1. The standard InChI is InChI=1S/C16H15ClN2O4/c1-22-12-4-6-15(23-2)10(7-12)9-18-19-11-3-5-14(17)13(8-11)16(20)21/h3-9,19H,1-2H3,(H,20,21). The molecule has 0 bridgehead atoms. The fourth-order valence-electron chi connectivity index (χ4n) is 1.88. The number of ether oxygens (including phenoxy) is 2. The van der Waals surface area contributed by atoms with Crippen LogP contribution in [0.2, 0.25) is 5.02 Å². The number of carboxylic acid groups (broad SMARTS) is 1. The predicted octanol–water partition coefficient (Wildman–Crippen LogP) is 3.50. The van der Waals surface area contributed by atoms with E-state index in [1.165, 1.54) is 12.1 Å². The molecule has 0 aromatic heterocycles. The highest BCUT2D eigenvalue weighted by Gasteiger charge is 2.09. The number of hydrogen-bond donors (Lipinski definition) is 2. The zero-order valence-corrected chi connectivity index (χ0v) is 13.3. The average Bonchev–Trinajstić information content (AvgIpc) is 2.56. The number of methoxy groups -OCH3 is 2. The van der Waals surface area contributed by atoms with Gasteiger partial charge in [0.2, 0.25) is 0 Å². The van der Waals surface area contributed by atoms with Gasteiger partial charge in [-0.1, -0.05) is 11.6 Å². The van der Waals surface area contributed by atoms with Crippen molar-refractivity contribution in [2.75, 3.05) is 19.6 Å². The summed E-state index contributed by atoms with van der Waals surface area (Å²) in [6.07, 6.45) is 1.55. The van der Waals surface area contributed by atoms with Crippen molar-refractivity contribution in [3.63, 3.8) is 0 Å². The van der Waals surface area contributed by atoms with Gasteiger partial charge in [0.05, 0.1) is 36.7 Å². The van der Waals surface area contributed by atoms with Crippen LogP contribution in [-0.2, 0) is 0 Å². The fourth-order valence-corrected chi connectivity index (χ4v) is 2.07. The van der Waals surface area contributed by atoms with E-state index in [1.807, 2.05) is 0 Å². The molecule has 23 heavy (non-hydrogen) atoms. The van der Waals surface area contributed by atoms with Gasteiger partial charge in [0.15, 0.2) is 0 Å². The third-order valence-electron chi connectivity index (χ3n) is 3.03. The Bertz CT molecular complexity index is 747. The van der Waals surface area contributed by atoms with Crippen molar-refractivity contribution in [1.82, 2.24) is 0 Å². The van der Waals surface area contributed by atoms with Crippen LogP contribution in [0.1, 0.15) is 15.9 Å². The maximum Gasteiger partial charge on any atom is 0.337 e. The highest BCUT2D eigenvalue weighted by atomic mass is 35.5. The summed E-state index contributed by atoms with van der Waals surface area (Å²) in [6, 6.07) is 9.86. The normalized spacial score (nSPS) is 10.6. The molecule has 0 fully saturated rings. The van der Waals surface area contributed by atoms with Crippen LogP contribution in [0.4, 0.5) is 5.69 Å². The van der Waals surface area contributed by atoms with Crippen LogP contribution >= 0.6 is 11.6 Å². The lowest BCUT2D eigenvalue weighted by molar-refractivity contribution is 0.0697. The van der Waals surface area contributed by atoms with Crippen LogP contribution in [-0.4, -0.2) is 31.5 Å². The van der Waals surface area contributed by atoms with Crippen LogP contribution in [0.3, 0.4) is 0 Å². The van der Waals surface area contributed by atoms with Crippen LogP contribution in [0, 0.1) is 0 Å². The first-order chi connectivity index (χ1) is 11.0. The first-order valence-electron chi connectivity index (χ1n) is 6.59. The molecule has 0 amide bonds. The van der Waals surface area contributed by atoms with Crippen molar-refractivity contribution in [1.29, 1.82) is 0 Å². The fraction of sp³-hybridized carbons (Fsp3) is 0.125. The lowest BCUT2D eigenvalue weighted by Gasteiger charge is -2.07. The summed E-state index contributed by atoms with van der Waals surface area (Å²) in [4.78, 5) is 11.0. The number of hydrogen-bond acceptors (Lipinski definition) is 5. The number of rotatable bonds is 6. The summed E-state index contributed by atoms with van der Waals surface area (Å²) in [5.41, 5.74) is 3.98. The number of nitrogens with zero attached hydrogens (tertiary/aromatic N) is 1. The van der Waals surface area contributed by atoms with Crippen LogP contribution in [0.5, 0.6) is 11.5 Å². The van der Waals surface area contributed by atoms with Crippen molar-refractivity contribution in [3.05, 3.63) is 52.5 Å². The summed E-state index contributed by atoms with van der Waals surface area (Å²) in [7, 11) is 3.13. The molecule has 120 valence electrons. The number of carbonyl (C=O) groups is 1. The summed E-state index contributed by atoms with van der Waals surface area (Å²) in [5, 5.41) is 13.3. The van der Waals surface area contributed by atoms with Gasteiger partial charge in [-0.15, -0.1) is 0 Å². The second kappa shape index (κ2) is 7.51. The number of halogens is 1. The van der Waals surface area contributed by atoms with Gasteiger partial charge in [0.1, 0.15) is 11.5 Å². The Morgan fingerprint density at radius 2 is 2.00 bits per heavy atom. The van der Waals surface area contributed by atoms with Gasteiger partial charge in [-0.2, -0.15) is 5.10 Å². The van der Waals surface area contributed by atoms with Crippen LogP contribution < -0.4 is 14.9 Å². The highest BCUT2D eigenvalue weighted by molar-refractivity contribution is 6.33. The Kier molecular flexibility index (Phi) is 5.43. The number of benzene rings is 2. The van der Waals surface area contributed by atoms with Crippen LogP contribution in [0.25, 0.3) is 0 Å². The van der Waals surface area contributed by atoms with E-state index in [1.54, 1.807) is 44.7 Å². The summed E-state index contributed by atoms with van der Waals surface area (Å²) >= 11 is 5.82. The third kappa shape index (κ3) is 4.14. The topological polar surface area (TPSA) is 80.2 Å². The molecular formula is C16H15ClN2O4. The van der Waals surface area contributed by atoms with Gasteiger partial charge < -0.3 is 14.6 Å². The molecule has 2 rings (SSSR count). The molecule has 0 spiro atoms. The zero-order valence-electron chi connectivity index (χ0n) is 12.5. The maximum absolute atomic E-state index is 11.0. The molecule has 0 radical (unpaired) electrons. The van der Waals surface area contributed by atoms with E-state index >= 15 is 0 Å². The second-order valence-electron chi connectivity index (χ2n) is 4.48. The Morgan fingerprint density at radius 3 is 2.65 bits per heavy atom. The molecule has 0 aliphatic carbocycles. The summed E-state index contributed by atoms with van der Waals surface area (Å²) in [6.45, 7) is 0. The minimum absolute atomic E-state index is 0.00540. The third-order valence-corrected chi connectivity index (χ3v) is 3.36. The maximum atomic E-state index is 11.0. The van der Waals surface area contributed by atoms with Crippen molar-refractivity contribution in [2.45, 2.75) is 0 Å². The molecule has 0 unspecified atom stereocenters. The zero-order chi connectivity index (χ0) is 16.8. The molecule has 2 aromatic carbocycles. The van der Waals surface area contributed by atoms with Gasteiger partial charge in [-0.3, -0.25) is 5.43 Å². The highest BCUT2D eigenvalue weighted by Crippen LogP contribution is 2.23. The van der Waals surface area contributed by atoms with E-state index < -0.39 is 5.97 Å². The summed E-state index contributed by atoms with van der Waals surface area (Å²) < 4.78 is 10.4. The lowest BCUT2D eigenvalue weighted by atomic mass is 10.2. The van der Waals surface area contributed by atoms with Gasteiger partial charge in [-0.05, 0) is 36.4 Å². The Morgan fingerprint density at radius 1 is 1.22 bits per heavy atom. The number of hydrazone groups is 1. The second-order valence-corrected chi connectivity index (χ2v) is 4.88. The van der Waals surface area contributed by atoms with E-state index in [0.717, 1.165) is 0 Å². The van der Waals surface area contributed by atoms with E-state index in [2.05, 4.69) is 10.5 Å². The molecule has 2 N–H and O–H groups in total. The number of aromatic carboxylic acids is 1. The minimum atomic E-state index is -1.10. The number of carboxylic acids is 1. The Labute approximate surface area is 138 Å². The van der Waals surface area contributed by atoms with E-state index in [4.69, 9.17) is 26.2 Å². The molecule has 0 aliphatic heterocycles. The minimum Gasteiger partial charge on any atom is -0.497 e. The molecule has 6 nitrogen and oxygen atoms in total. The molecule has 2 aromatic rings. The Hall–Kier alpha value is -2.73. The average molecular weight is 335 g/mol. The largest absolute Gasteiger partial charge is 0.497 e. The van der Waals surface area contributed by atoms with Crippen molar-refractivity contribution in [2.24, 2.45) is 5.10 Å². The molecular weight excluding hydrogens is 320 g/mol. The van der Waals surface area contributed by atoms with Gasteiger partial charge >= 0.3 is 5.97 Å². The smallest absolute Gasteiger partial charge is 0.337 e. The van der Waals surface area contributed by atoms with E-state index in [9.17, 15) is 4.79 Å². The molecule has 0 saturated heterocycles. The molecule has 0 saturated carbocycles. The Balaban J connectivity index is 2.19. The van der Waals surface area contributed by atoms with Gasteiger partial charge in [0.25, 0.3) is 0 Å². The SMILES string of the molecule is COc1ccc(OC)c(C=NNc2ccc(Cl)c(C(=O)O)c2)c1. The van der Waals surface area contributed by atoms with Crippen LogP contribution in [0.15, 0.2) is 41.5 Å². The van der Waals surface area contributed by atoms with Gasteiger partial charge in [0, 0.05) is 5.56 Å². The lowest BCUT2D eigenvalue weighted by Crippen LogP contribution is -1.99. The van der Waals surface area contributed by atoms with E-state index in [0.29, 0.717) is 22.7 Å². The molecule has 0 heterocycles. The number of nitrogens with one attached hydrogen (secondary N) is 1. The van der Waals surface area contributed by atoms with E-state index in [-0.39, 0.29) is 10.6 Å². The van der Waals surface area contributed by atoms with Crippen molar-refractivity contribution < 1.29 is 19.4 Å².